The molecule has 5 unspecified atom stereocenters. The maximum absolute atomic E-state index is 2.54. The third-order valence-corrected chi connectivity index (χ3v) is 6.98. The molecule has 1 heterocycles. The minimum Gasteiger partial charge on any atom is -0.371 e. The lowest BCUT2D eigenvalue weighted by molar-refractivity contribution is 0.352. The van der Waals surface area contributed by atoms with Crippen molar-refractivity contribution in [1.82, 2.24) is 0 Å². The number of nitrogens with zero attached hydrogens (tertiary/aromatic N) is 1. The van der Waals surface area contributed by atoms with Crippen LogP contribution in [0, 0.1) is 23.7 Å². The standard InChI is InChI=1S/C20H31N/c1-12-10-11-17-8-7-9-18(20(17)21(12)6)19-15(4)13(2)14(3)16(19)5/h7-9,12-16,19H,10-11H2,1-6H3. The summed E-state index contributed by atoms with van der Waals surface area (Å²) in [7, 11) is 2.29. The van der Waals surface area contributed by atoms with Crippen molar-refractivity contribution in [2.75, 3.05) is 11.9 Å². The largest absolute Gasteiger partial charge is 0.371 e. The molecule has 1 aromatic rings. The van der Waals surface area contributed by atoms with Crippen LogP contribution in [0.1, 0.15) is 58.1 Å². The van der Waals surface area contributed by atoms with Gasteiger partial charge in [0.05, 0.1) is 0 Å². The van der Waals surface area contributed by atoms with Crippen LogP contribution in [0.25, 0.3) is 0 Å². The SMILES string of the molecule is CC1C(C)C(C)C(c2cccc3c2N(C)C(C)CC3)C1C. The monoisotopic (exact) mass is 285 g/mol. The maximum Gasteiger partial charge on any atom is 0.0434 e. The lowest BCUT2D eigenvalue weighted by Crippen LogP contribution is -2.35. The molecular weight excluding hydrogens is 254 g/mol. The fraction of sp³-hybridized carbons (Fsp3) is 0.700. The lowest BCUT2D eigenvalue weighted by Gasteiger charge is -2.38. The molecule has 1 nitrogen and oxygen atoms in total. The summed E-state index contributed by atoms with van der Waals surface area (Å²) in [5, 5.41) is 0. The number of aryl methyl sites for hydroxylation is 1. The first-order valence-electron chi connectivity index (χ1n) is 8.78. The van der Waals surface area contributed by atoms with E-state index in [0.717, 1.165) is 29.6 Å². The Morgan fingerprint density at radius 2 is 1.52 bits per heavy atom. The summed E-state index contributed by atoms with van der Waals surface area (Å²) in [6.07, 6.45) is 2.53. The Balaban J connectivity index is 2.08. The fourth-order valence-electron chi connectivity index (χ4n) is 4.95. The Bertz CT molecular complexity index is 507. The first kappa shape index (κ1) is 14.9. The molecule has 3 rings (SSSR count). The zero-order valence-electron chi connectivity index (χ0n) is 14.6. The molecule has 116 valence electrons. The number of benzene rings is 1. The summed E-state index contributed by atoms with van der Waals surface area (Å²) >= 11 is 0. The van der Waals surface area contributed by atoms with Gasteiger partial charge in [-0.15, -0.1) is 0 Å². The molecule has 0 amide bonds. The molecule has 1 saturated carbocycles. The van der Waals surface area contributed by atoms with Crippen LogP contribution in [-0.4, -0.2) is 13.1 Å². The number of hydrogen-bond donors (Lipinski definition) is 0. The summed E-state index contributed by atoms with van der Waals surface area (Å²) in [6.45, 7) is 12.2. The van der Waals surface area contributed by atoms with E-state index >= 15 is 0 Å². The van der Waals surface area contributed by atoms with Crippen molar-refractivity contribution in [2.24, 2.45) is 23.7 Å². The van der Waals surface area contributed by atoms with E-state index in [2.05, 4.69) is 64.8 Å². The van der Waals surface area contributed by atoms with Crippen LogP contribution in [0.15, 0.2) is 18.2 Å². The van der Waals surface area contributed by atoms with Gasteiger partial charge in [-0.1, -0.05) is 45.9 Å². The third-order valence-electron chi connectivity index (χ3n) is 6.98. The van der Waals surface area contributed by atoms with E-state index in [1.807, 2.05) is 0 Å². The van der Waals surface area contributed by atoms with Gasteiger partial charge in [-0.2, -0.15) is 0 Å². The van der Waals surface area contributed by atoms with Crippen LogP contribution >= 0.6 is 0 Å². The number of para-hydroxylation sites is 1. The molecule has 1 aromatic carbocycles. The fourth-order valence-corrected chi connectivity index (χ4v) is 4.95. The van der Waals surface area contributed by atoms with Gasteiger partial charge in [0.1, 0.15) is 0 Å². The minimum atomic E-state index is 0.667. The van der Waals surface area contributed by atoms with Gasteiger partial charge in [0, 0.05) is 18.8 Å². The summed E-state index contributed by atoms with van der Waals surface area (Å²) in [5.41, 5.74) is 4.75. The predicted octanol–water partition coefficient (Wildman–Crippen LogP) is 5.10. The van der Waals surface area contributed by atoms with Crippen LogP contribution in [0.2, 0.25) is 0 Å². The molecule has 0 N–H and O–H groups in total. The van der Waals surface area contributed by atoms with Gasteiger partial charge in [-0.05, 0) is 60.5 Å². The Labute approximate surface area is 130 Å². The van der Waals surface area contributed by atoms with Gasteiger partial charge in [0.2, 0.25) is 0 Å². The van der Waals surface area contributed by atoms with E-state index in [-0.39, 0.29) is 0 Å². The van der Waals surface area contributed by atoms with Crippen molar-refractivity contribution in [2.45, 2.75) is 59.4 Å². The summed E-state index contributed by atoms with van der Waals surface area (Å²) in [5.74, 6) is 3.94. The summed E-state index contributed by atoms with van der Waals surface area (Å²) in [4.78, 5) is 2.54. The zero-order chi connectivity index (χ0) is 15.3. The molecule has 1 aliphatic heterocycles. The average Bonchev–Trinajstić information content (AvgIpc) is 2.67. The molecule has 0 aromatic heterocycles. The highest BCUT2D eigenvalue weighted by molar-refractivity contribution is 5.63. The molecule has 5 atom stereocenters. The highest BCUT2D eigenvalue weighted by Gasteiger charge is 2.43. The number of fused-ring (bicyclic) bond motifs is 1. The highest BCUT2D eigenvalue weighted by atomic mass is 15.1. The molecule has 21 heavy (non-hydrogen) atoms. The Morgan fingerprint density at radius 3 is 2.14 bits per heavy atom. The predicted molar refractivity (Wildman–Crippen MR) is 92.0 cm³/mol. The van der Waals surface area contributed by atoms with Crippen LogP contribution in [0.5, 0.6) is 0 Å². The van der Waals surface area contributed by atoms with E-state index in [4.69, 9.17) is 0 Å². The topological polar surface area (TPSA) is 3.24 Å². The van der Waals surface area contributed by atoms with E-state index in [1.165, 1.54) is 12.8 Å². The molecule has 0 radical (unpaired) electrons. The second kappa shape index (κ2) is 5.34. The normalized spacial score (nSPS) is 39.4. The van der Waals surface area contributed by atoms with Crippen molar-refractivity contribution in [3.8, 4) is 0 Å². The Morgan fingerprint density at radius 1 is 0.905 bits per heavy atom. The van der Waals surface area contributed by atoms with E-state index in [0.29, 0.717) is 6.04 Å². The molecule has 0 bridgehead atoms. The van der Waals surface area contributed by atoms with E-state index < -0.39 is 0 Å². The van der Waals surface area contributed by atoms with Gasteiger partial charge in [0.25, 0.3) is 0 Å². The van der Waals surface area contributed by atoms with Crippen molar-refractivity contribution in [3.05, 3.63) is 29.3 Å². The zero-order valence-corrected chi connectivity index (χ0v) is 14.6. The molecule has 1 heteroatoms. The van der Waals surface area contributed by atoms with Crippen molar-refractivity contribution >= 4 is 5.69 Å². The van der Waals surface area contributed by atoms with Crippen molar-refractivity contribution in [1.29, 1.82) is 0 Å². The van der Waals surface area contributed by atoms with Gasteiger partial charge in [-0.25, -0.2) is 0 Å². The van der Waals surface area contributed by atoms with Crippen LogP contribution in [-0.2, 0) is 6.42 Å². The quantitative estimate of drug-likeness (QED) is 0.694. The minimum absolute atomic E-state index is 0.667. The molecule has 0 saturated heterocycles. The second-order valence-corrected chi connectivity index (χ2v) is 7.82. The van der Waals surface area contributed by atoms with Crippen LogP contribution in [0.3, 0.4) is 0 Å². The molecular formula is C20H31N. The van der Waals surface area contributed by atoms with Crippen LogP contribution < -0.4 is 4.90 Å². The maximum atomic E-state index is 2.54. The summed E-state index contributed by atoms with van der Waals surface area (Å²) in [6, 6.07) is 7.72. The average molecular weight is 285 g/mol. The van der Waals surface area contributed by atoms with Crippen molar-refractivity contribution in [3.63, 3.8) is 0 Å². The second-order valence-electron chi connectivity index (χ2n) is 7.82. The Hall–Kier alpha value is -0.980. The highest BCUT2D eigenvalue weighted by Crippen LogP contribution is 2.53. The first-order valence-corrected chi connectivity index (χ1v) is 8.78. The van der Waals surface area contributed by atoms with Gasteiger partial charge in [0.15, 0.2) is 0 Å². The van der Waals surface area contributed by atoms with E-state index in [1.54, 1.807) is 16.8 Å². The Kier molecular flexibility index (Phi) is 3.80. The van der Waals surface area contributed by atoms with E-state index in [9.17, 15) is 0 Å². The van der Waals surface area contributed by atoms with Crippen LogP contribution in [0.4, 0.5) is 5.69 Å². The van der Waals surface area contributed by atoms with Gasteiger partial charge < -0.3 is 4.90 Å². The van der Waals surface area contributed by atoms with Gasteiger partial charge >= 0.3 is 0 Å². The molecule has 0 spiro atoms. The first-order chi connectivity index (χ1) is 9.93. The summed E-state index contributed by atoms with van der Waals surface area (Å²) < 4.78 is 0. The molecule has 2 aliphatic rings. The third kappa shape index (κ3) is 2.20. The number of anilines is 1. The molecule has 1 aliphatic carbocycles. The van der Waals surface area contributed by atoms with Gasteiger partial charge in [-0.3, -0.25) is 0 Å². The smallest absolute Gasteiger partial charge is 0.0434 e. The number of hydrogen-bond acceptors (Lipinski definition) is 1. The van der Waals surface area contributed by atoms with Crippen molar-refractivity contribution < 1.29 is 0 Å². The number of rotatable bonds is 1. The molecule has 1 fully saturated rings. The lowest BCUT2D eigenvalue weighted by atomic mass is 9.80.